The molecule has 0 aliphatic carbocycles. The van der Waals surface area contributed by atoms with E-state index in [1.54, 1.807) is 11.1 Å². The Kier molecular flexibility index (Phi) is 4.21. The van der Waals surface area contributed by atoms with Gasteiger partial charge in [0.05, 0.1) is 0 Å². The van der Waals surface area contributed by atoms with Crippen molar-refractivity contribution in [1.29, 1.82) is 0 Å². The van der Waals surface area contributed by atoms with Crippen molar-refractivity contribution in [1.82, 2.24) is 4.90 Å². The lowest BCUT2D eigenvalue weighted by molar-refractivity contribution is 0.137. The number of nitrogens with zero attached hydrogens (tertiary/aromatic N) is 1. The van der Waals surface area contributed by atoms with E-state index in [2.05, 4.69) is 46.4 Å². The molecule has 0 aromatic rings. The van der Waals surface area contributed by atoms with E-state index in [0.717, 1.165) is 17.9 Å². The molecule has 2 rings (SSSR count). The molecule has 0 aromatic heterocycles. The van der Waals surface area contributed by atoms with E-state index in [1.807, 2.05) is 0 Å². The third-order valence-electron chi connectivity index (χ3n) is 4.88. The summed E-state index contributed by atoms with van der Waals surface area (Å²) in [6.07, 6.45) is 4.17. The minimum Gasteiger partial charge on any atom is -0.293 e. The lowest BCUT2D eigenvalue weighted by Gasteiger charge is -2.45. The second kappa shape index (κ2) is 5.36. The van der Waals surface area contributed by atoms with Crippen LogP contribution in [0.25, 0.3) is 0 Å². The number of rotatable bonds is 3. The van der Waals surface area contributed by atoms with Crippen molar-refractivity contribution < 1.29 is 0 Å². The Hall–Kier alpha value is -0.300. The highest BCUT2D eigenvalue weighted by Gasteiger charge is 2.40. The summed E-state index contributed by atoms with van der Waals surface area (Å²) < 4.78 is 0. The van der Waals surface area contributed by atoms with E-state index in [9.17, 15) is 0 Å². The Bertz CT molecular complexity index is 325. The van der Waals surface area contributed by atoms with E-state index in [4.69, 9.17) is 0 Å². The number of hydrogen-bond donors (Lipinski definition) is 0. The first kappa shape index (κ1) is 14.1. The van der Waals surface area contributed by atoms with Crippen molar-refractivity contribution in [2.45, 2.75) is 72.9 Å². The van der Waals surface area contributed by atoms with E-state index in [0.29, 0.717) is 12.0 Å². The van der Waals surface area contributed by atoms with Crippen molar-refractivity contribution in [2.75, 3.05) is 6.54 Å². The van der Waals surface area contributed by atoms with Crippen molar-refractivity contribution in [3.63, 3.8) is 0 Å². The molecule has 0 spiro atoms. The van der Waals surface area contributed by atoms with Gasteiger partial charge in [-0.2, -0.15) is 0 Å². The third-order valence-corrected chi connectivity index (χ3v) is 4.88. The summed E-state index contributed by atoms with van der Waals surface area (Å²) in [6, 6.07) is 1.56. The zero-order chi connectivity index (χ0) is 13.4. The van der Waals surface area contributed by atoms with E-state index in [-0.39, 0.29) is 0 Å². The summed E-state index contributed by atoms with van der Waals surface area (Å²) in [5.41, 5.74) is 3.56. The maximum absolute atomic E-state index is 2.83. The molecule has 18 heavy (non-hydrogen) atoms. The van der Waals surface area contributed by atoms with Crippen molar-refractivity contribution in [2.24, 2.45) is 17.8 Å². The van der Waals surface area contributed by atoms with Gasteiger partial charge >= 0.3 is 0 Å². The van der Waals surface area contributed by atoms with Gasteiger partial charge in [-0.15, -0.1) is 0 Å². The maximum Gasteiger partial charge on any atom is 0.0338 e. The van der Waals surface area contributed by atoms with Crippen LogP contribution in [0.4, 0.5) is 0 Å². The molecular weight excluding hydrogens is 218 g/mol. The zero-order valence-corrected chi connectivity index (χ0v) is 13.2. The monoisotopic (exact) mass is 249 g/mol. The van der Waals surface area contributed by atoms with E-state index >= 15 is 0 Å². The molecule has 1 heteroatoms. The molecule has 2 unspecified atom stereocenters. The Morgan fingerprint density at radius 3 is 2.17 bits per heavy atom. The quantitative estimate of drug-likeness (QED) is 0.666. The number of hydrogen-bond acceptors (Lipinski definition) is 1. The summed E-state index contributed by atoms with van der Waals surface area (Å²) in [5, 5.41) is 0. The van der Waals surface area contributed by atoms with Gasteiger partial charge in [0, 0.05) is 12.1 Å². The van der Waals surface area contributed by atoms with Gasteiger partial charge in [0.2, 0.25) is 0 Å². The molecule has 0 N–H and O–H groups in total. The topological polar surface area (TPSA) is 3.24 Å². The molecule has 1 saturated heterocycles. The number of fused-ring (bicyclic) bond motifs is 1. The minimum atomic E-state index is 0.705. The Balaban J connectivity index is 2.44. The summed E-state index contributed by atoms with van der Waals surface area (Å²) in [5.74, 6) is 2.18. The molecule has 2 aliphatic heterocycles. The van der Waals surface area contributed by atoms with Crippen molar-refractivity contribution >= 4 is 0 Å². The molecule has 1 nitrogen and oxygen atoms in total. The highest BCUT2D eigenvalue weighted by atomic mass is 15.2. The first-order chi connectivity index (χ1) is 8.43. The molecule has 0 radical (unpaired) electrons. The summed E-state index contributed by atoms with van der Waals surface area (Å²) in [7, 11) is 0. The Morgan fingerprint density at radius 2 is 1.67 bits per heavy atom. The summed E-state index contributed by atoms with van der Waals surface area (Å²) >= 11 is 0. The average molecular weight is 249 g/mol. The van der Waals surface area contributed by atoms with Crippen LogP contribution in [0.1, 0.15) is 60.8 Å². The van der Waals surface area contributed by atoms with Crippen LogP contribution in [0.3, 0.4) is 0 Å². The zero-order valence-electron chi connectivity index (χ0n) is 13.2. The van der Waals surface area contributed by atoms with Crippen LogP contribution in [0.2, 0.25) is 0 Å². The first-order valence-electron chi connectivity index (χ1n) is 7.92. The van der Waals surface area contributed by atoms with Gasteiger partial charge in [0.15, 0.2) is 0 Å². The second-order valence-electron chi connectivity index (χ2n) is 7.22. The van der Waals surface area contributed by atoms with Crippen molar-refractivity contribution in [3.05, 3.63) is 11.1 Å². The molecule has 0 saturated carbocycles. The fourth-order valence-corrected chi connectivity index (χ4v) is 4.21. The van der Waals surface area contributed by atoms with Crippen LogP contribution >= 0.6 is 0 Å². The average Bonchev–Trinajstić information content (AvgIpc) is 2.72. The highest BCUT2D eigenvalue weighted by Crippen LogP contribution is 2.42. The van der Waals surface area contributed by atoms with E-state index < -0.39 is 0 Å². The SMILES string of the molecule is CC(C)C1=C(C(C)C)C(C(C)C)N2CCCC2C1. The normalized spacial score (nSPS) is 29.8. The van der Waals surface area contributed by atoms with Crippen LogP contribution in [-0.4, -0.2) is 23.5 Å². The van der Waals surface area contributed by atoms with Crippen LogP contribution in [0.5, 0.6) is 0 Å². The molecule has 0 aromatic carbocycles. The third kappa shape index (κ3) is 2.39. The predicted molar refractivity (Wildman–Crippen MR) is 79.7 cm³/mol. The highest BCUT2D eigenvalue weighted by molar-refractivity contribution is 5.29. The lowest BCUT2D eigenvalue weighted by Crippen LogP contribution is -2.48. The molecule has 0 amide bonds. The Labute approximate surface area is 114 Å². The molecule has 2 aliphatic rings. The first-order valence-corrected chi connectivity index (χ1v) is 7.92. The molecule has 0 bridgehead atoms. The van der Waals surface area contributed by atoms with Gasteiger partial charge in [-0.05, 0) is 43.6 Å². The second-order valence-corrected chi connectivity index (χ2v) is 7.22. The van der Waals surface area contributed by atoms with Crippen LogP contribution in [0, 0.1) is 17.8 Å². The largest absolute Gasteiger partial charge is 0.293 e. The van der Waals surface area contributed by atoms with Gasteiger partial charge in [0.25, 0.3) is 0 Å². The minimum absolute atomic E-state index is 0.705. The maximum atomic E-state index is 2.83. The molecule has 1 fully saturated rings. The van der Waals surface area contributed by atoms with Gasteiger partial charge in [-0.3, -0.25) is 4.90 Å². The van der Waals surface area contributed by atoms with Gasteiger partial charge in [-0.25, -0.2) is 0 Å². The fraction of sp³-hybridized carbons (Fsp3) is 0.882. The standard InChI is InChI=1S/C17H31N/c1-11(2)15-10-14-8-7-9-18(14)17(13(5)6)16(15)12(3)4/h11-14,17H,7-10H2,1-6H3. The predicted octanol–water partition coefficient (Wildman–Crippen LogP) is 4.49. The molecule has 2 atom stereocenters. The Morgan fingerprint density at radius 1 is 1.00 bits per heavy atom. The molecule has 2 heterocycles. The van der Waals surface area contributed by atoms with Gasteiger partial charge < -0.3 is 0 Å². The fourth-order valence-electron chi connectivity index (χ4n) is 4.21. The summed E-state index contributed by atoms with van der Waals surface area (Å²) in [4.78, 5) is 2.83. The van der Waals surface area contributed by atoms with Crippen LogP contribution in [-0.2, 0) is 0 Å². The molecular formula is C17H31N. The molecule has 104 valence electrons. The van der Waals surface area contributed by atoms with Crippen molar-refractivity contribution in [3.8, 4) is 0 Å². The lowest BCUT2D eigenvalue weighted by atomic mass is 9.75. The van der Waals surface area contributed by atoms with Gasteiger partial charge in [0.1, 0.15) is 0 Å². The van der Waals surface area contributed by atoms with E-state index in [1.165, 1.54) is 25.8 Å². The van der Waals surface area contributed by atoms with Gasteiger partial charge in [-0.1, -0.05) is 52.7 Å². The smallest absolute Gasteiger partial charge is 0.0338 e. The summed E-state index contributed by atoms with van der Waals surface area (Å²) in [6.45, 7) is 15.7. The van der Waals surface area contributed by atoms with Crippen LogP contribution < -0.4 is 0 Å². The van der Waals surface area contributed by atoms with Crippen LogP contribution in [0.15, 0.2) is 11.1 Å².